The topological polar surface area (TPSA) is 3.24 Å². The van der Waals surface area contributed by atoms with Crippen LogP contribution < -0.4 is 0 Å². The van der Waals surface area contributed by atoms with Crippen LogP contribution in [0.5, 0.6) is 0 Å². The molecule has 0 bridgehead atoms. The number of alkyl halides is 4. The first-order valence-electron chi connectivity index (χ1n) is 3.83. The minimum atomic E-state index is -4.06. The highest BCUT2D eigenvalue weighted by Crippen LogP contribution is 2.26. The van der Waals surface area contributed by atoms with Gasteiger partial charge >= 0.3 is 6.18 Å². The molecule has 0 N–H and O–H groups in total. The van der Waals surface area contributed by atoms with Crippen LogP contribution >= 0.6 is 15.9 Å². The van der Waals surface area contributed by atoms with E-state index in [1.54, 1.807) is 0 Å². The van der Waals surface area contributed by atoms with Crippen molar-refractivity contribution in [1.82, 2.24) is 4.90 Å². The van der Waals surface area contributed by atoms with E-state index in [2.05, 4.69) is 15.9 Å². The number of likely N-dealkylation sites (tertiary alicyclic amines) is 1. The fourth-order valence-electron chi connectivity index (χ4n) is 1.48. The Morgan fingerprint density at radius 2 is 2.08 bits per heavy atom. The Morgan fingerprint density at radius 1 is 1.50 bits per heavy atom. The summed E-state index contributed by atoms with van der Waals surface area (Å²) >= 11 is 3.32. The maximum Gasteiger partial charge on any atom is 0.401 e. The normalized spacial score (nSPS) is 32.8. The molecule has 0 saturated carbocycles. The van der Waals surface area contributed by atoms with Gasteiger partial charge in [-0.3, -0.25) is 4.90 Å². The van der Waals surface area contributed by atoms with Gasteiger partial charge in [0.05, 0.1) is 6.54 Å². The predicted molar refractivity (Wildman–Crippen MR) is 44.4 cm³/mol. The van der Waals surface area contributed by atoms with Gasteiger partial charge in [-0.1, -0.05) is 15.9 Å². The fourth-order valence-corrected chi connectivity index (χ4v) is 2.39. The minimum absolute atomic E-state index is 0.0380. The van der Waals surface area contributed by atoms with Gasteiger partial charge < -0.3 is 0 Å². The molecule has 1 fully saturated rings. The molecule has 12 heavy (non-hydrogen) atoms. The Balaban J connectivity index is 2.43. The summed E-state index contributed by atoms with van der Waals surface area (Å²) in [5.41, 5.74) is 0. The molecule has 0 aliphatic carbocycles. The first-order valence-corrected chi connectivity index (χ1v) is 4.75. The van der Waals surface area contributed by atoms with Crippen LogP contribution in [0.1, 0.15) is 13.3 Å². The number of rotatable bonds is 1. The van der Waals surface area contributed by atoms with E-state index in [4.69, 9.17) is 0 Å². The summed E-state index contributed by atoms with van der Waals surface area (Å²) in [5, 5.41) is 0. The summed E-state index contributed by atoms with van der Waals surface area (Å²) in [5.74, 6) is 0. The molecule has 0 aromatic rings. The Morgan fingerprint density at radius 3 is 2.42 bits per heavy atom. The average Bonchev–Trinajstić information content (AvgIpc) is 2.06. The van der Waals surface area contributed by atoms with Gasteiger partial charge in [-0.05, 0) is 13.3 Å². The van der Waals surface area contributed by atoms with Crippen molar-refractivity contribution < 1.29 is 13.2 Å². The lowest BCUT2D eigenvalue weighted by Crippen LogP contribution is -2.36. The largest absolute Gasteiger partial charge is 0.401 e. The zero-order valence-corrected chi connectivity index (χ0v) is 8.32. The fraction of sp³-hybridized carbons (Fsp3) is 1.00. The van der Waals surface area contributed by atoms with Gasteiger partial charge in [0.1, 0.15) is 0 Å². The molecule has 2 unspecified atom stereocenters. The minimum Gasteiger partial charge on any atom is -0.291 e. The summed E-state index contributed by atoms with van der Waals surface area (Å²) in [6.07, 6.45) is -3.26. The molecule has 72 valence electrons. The molecule has 1 rings (SSSR count). The summed E-state index contributed by atoms with van der Waals surface area (Å²) in [6.45, 7) is 1.55. The van der Waals surface area contributed by atoms with E-state index in [0.29, 0.717) is 6.54 Å². The predicted octanol–water partition coefficient (Wildman–Crippen LogP) is 2.41. The van der Waals surface area contributed by atoms with Crippen molar-refractivity contribution in [3.05, 3.63) is 0 Å². The van der Waals surface area contributed by atoms with Crippen LogP contribution in [0.4, 0.5) is 13.2 Å². The van der Waals surface area contributed by atoms with Gasteiger partial charge in [-0.25, -0.2) is 0 Å². The highest BCUT2D eigenvalue weighted by Gasteiger charge is 2.36. The Kier molecular flexibility index (Phi) is 3.04. The lowest BCUT2D eigenvalue weighted by molar-refractivity contribution is -0.146. The molecule has 1 heterocycles. The zero-order chi connectivity index (χ0) is 9.35. The van der Waals surface area contributed by atoms with Crippen molar-refractivity contribution in [2.75, 3.05) is 13.1 Å². The Hall–Kier alpha value is 0.230. The smallest absolute Gasteiger partial charge is 0.291 e. The van der Waals surface area contributed by atoms with Crippen LogP contribution in [0, 0.1) is 0 Å². The van der Waals surface area contributed by atoms with Crippen LogP contribution in [0.15, 0.2) is 0 Å². The summed E-state index contributed by atoms with van der Waals surface area (Å²) in [4.78, 5) is 1.68. The van der Waals surface area contributed by atoms with Crippen molar-refractivity contribution in [3.63, 3.8) is 0 Å². The van der Waals surface area contributed by atoms with Crippen LogP contribution in [-0.4, -0.2) is 35.0 Å². The van der Waals surface area contributed by atoms with Gasteiger partial charge in [-0.15, -0.1) is 0 Å². The molecule has 0 spiro atoms. The van der Waals surface area contributed by atoms with Crippen LogP contribution in [0.3, 0.4) is 0 Å². The maximum absolute atomic E-state index is 12.0. The summed E-state index contributed by atoms with van der Waals surface area (Å²) < 4.78 is 35.9. The van der Waals surface area contributed by atoms with Crippen molar-refractivity contribution in [2.45, 2.75) is 30.4 Å². The van der Waals surface area contributed by atoms with Gasteiger partial charge in [0.25, 0.3) is 0 Å². The van der Waals surface area contributed by atoms with Crippen LogP contribution in [-0.2, 0) is 0 Å². The standard InChI is InChI=1S/C7H11BrF3N/c1-5-2-6(8)3-12(5)4-7(9,10)11/h5-6H,2-4H2,1H3. The van der Waals surface area contributed by atoms with Gasteiger partial charge in [0.15, 0.2) is 0 Å². The Bertz CT molecular complexity index is 159. The van der Waals surface area contributed by atoms with Crippen molar-refractivity contribution >= 4 is 15.9 Å². The third-order valence-corrected chi connectivity index (χ3v) is 2.70. The molecule has 5 heteroatoms. The van der Waals surface area contributed by atoms with Crippen LogP contribution in [0.25, 0.3) is 0 Å². The SMILES string of the molecule is CC1CC(Br)CN1CC(F)(F)F. The van der Waals surface area contributed by atoms with Gasteiger partial charge in [0, 0.05) is 17.4 Å². The van der Waals surface area contributed by atoms with Gasteiger partial charge in [-0.2, -0.15) is 13.2 Å². The molecule has 1 saturated heterocycles. The van der Waals surface area contributed by atoms with Gasteiger partial charge in [0.2, 0.25) is 0 Å². The summed E-state index contributed by atoms with van der Waals surface area (Å²) in [6, 6.07) is 0.0380. The van der Waals surface area contributed by atoms with Crippen LogP contribution in [0.2, 0.25) is 0 Å². The lowest BCUT2D eigenvalue weighted by atomic mass is 10.2. The second kappa shape index (κ2) is 3.54. The molecule has 0 aromatic carbocycles. The zero-order valence-electron chi connectivity index (χ0n) is 6.74. The molecule has 0 amide bonds. The number of hydrogen-bond donors (Lipinski definition) is 0. The van der Waals surface area contributed by atoms with E-state index >= 15 is 0 Å². The molecule has 0 aromatic heterocycles. The van der Waals surface area contributed by atoms with E-state index in [1.165, 1.54) is 4.90 Å². The van der Waals surface area contributed by atoms with E-state index in [0.717, 1.165) is 6.42 Å². The molecular formula is C7H11BrF3N. The molecule has 1 aliphatic heterocycles. The number of hydrogen-bond acceptors (Lipinski definition) is 1. The Labute approximate surface area is 78.0 Å². The maximum atomic E-state index is 12.0. The molecule has 2 atom stereocenters. The summed E-state index contributed by atoms with van der Waals surface area (Å²) in [7, 11) is 0. The van der Waals surface area contributed by atoms with E-state index in [1.807, 2.05) is 6.92 Å². The average molecular weight is 246 g/mol. The van der Waals surface area contributed by atoms with E-state index in [9.17, 15) is 13.2 Å². The second-order valence-electron chi connectivity index (χ2n) is 3.23. The van der Waals surface area contributed by atoms with E-state index < -0.39 is 12.7 Å². The number of nitrogens with zero attached hydrogens (tertiary/aromatic N) is 1. The van der Waals surface area contributed by atoms with Crippen molar-refractivity contribution in [2.24, 2.45) is 0 Å². The highest BCUT2D eigenvalue weighted by atomic mass is 79.9. The third kappa shape index (κ3) is 2.94. The first kappa shape index (κ1) is 10.3. The molecule has 1 aliphatic rings. The van der Waals surface area contributed by atoms with Crippen molar-refractivity contribution in [3.8, 4) is 0 Å². The first-order chi connectivity index (χ1) is 5.38. The number of halogens is 4. The molecule has 0 radical (unpaired) electrons. The van der Waals surface area contributed by atoms with Crippen molar-refractivity contribution in [1.29, 1.82) is 0 Å². The monoisotopic (exact) mass is 245 g/mol. The highest BCUT2D eigenvalue weighted by molar-refractivity contribution is 9.09. The quantitative estimate of drug-likeness (QED) is 0.642. The van der Waals surface area contributed by atoms with E-state index in [-0.39, 0.29) is 10.9 Å². The lowest BCUT2D eigenvalue weighted by Gasteiger charge is -2.21. The molecule has 1 nitrogen and oxygen atoms in total. The third-order valence-electron chi connectivity index (χ3n) is 2.04. The second-order valence-corrected chi connectivity index (χ2v) is 4.52. The molecular weight excluding hydrogens is 235 g/mol.